The molecular formula is C20H28N4O2. The van der Waals surface area contributed by atoms with E-state index in [1.807, 2.05) is 26.0 Å². The highest BCUT2D eigenvalue weighted by atomic mass is 16.2. The van der Waals surface area contributed by atoms with Crippen molar-refractivity contribution in [2.24, 2.45) is 0 Å². The number of aromatic nitrogens is 2. The van der Waals surface area contributed by atoms with Crippen LogP contribution in [0, 0.1) is 13.8 Å². The molecule has 26 heavy (non-hydrogen) atoms. The van der Waals surface area contributed by atoms with Crippen molar-refractivity contribution in [1.29, 1.82) is 0 Å². The molecule has 2 rings (SSSR count). The maximum Gasteiger partial charge on any atom is 0.272 e. The van der Waals surface area contributed by atoms with Crippen LogP contribution in [0.3, 0.4) is 0 Å². The normalized spacial score (nSPS) is 10.8. The third kappa shape index (κ3) is 4.77. The predicted molar refractivity (Wildman–Crippen MR) is 103 cm³/mol. The molecule has 0 aliphatic rings. The van der Waals surface area contributed by atoms with Gasteiger partial charge in [0.05, 0.1) is 11.0 Å². The summed E-state index contributed by atoms with van der Waals surface area (Å²) in [7, 11) is 0. The maximum atomic E-state index is 12.6. The molecule has 1 aromatic carbocycles. The first kappa shape index (κ1) is 19.8. The molecule has 1 heterocycles. The van der Waals surface area contributed by atoms with Crippen LogP contribution < -0.4 is 10.6 Å². The van der Waals surface area contributed by atoms with Crippen molar-refractivity contribution in [3.8, 4) is 0 Å². The number of benzene rings is 1. The summed E-state index contributed by atoms with van der Waals surface area (Å²) >= 11 is 0. The largest absolute Gasteiger partial charge is 0.351 e. The van der Waals surface area contributed by atoms with E-state index in [0.717, 1.165) is 36.8 Å². The van der Waals surface area contributed by atoms with Gasteiger partial charge in [-0.2, -0.15) is 0 Å². The Morgan fingerprint density at radius 2 is 1.19 bits per heavy atom. The van der Waals surface area contributed by atoms with Crippen molar-refractivity contribution in [2.75, 3.05) is 13.1 Å². The van der Waals surface area contributed by atoms with Gasteiger partial charge >= 0.3 is 0 Å². The van der Waals surface area contributed by atoms with Gasteiger partial charge in [0, 0.05) is 13.1 Å². The molecule has 0 fully saturated rings. The van der Waals surface area contributed by atoms with Crippen LogP contribution in [0.4, 0.5) is 0 Å². The highest BCUT2D eigenvalue weighted by molar-refractivity contribution is 6.06. The van der Waals surface area contributed by atoms with Crippen LogP contribution in [0.1, 0.15) is 71.6 Å². The van der Waals surface area contributed by atoms with Crippen molar-refractivity contribution < 1.29 is 9.59 Å². The van der Waals surface area contributed by atoms with Gasteiger partial charge in [-0.15, -0.1) is 0 Å². The number of rotatable bonds is 8. The summed E-state index contributed by atoms with van der Waals surface area (Å²) in [4.78, 5) is 34.1. The number of unbranched alkanes of at least 4 members (excludes halogenated alkanes) is 2. The third-order valence-electron chi connectivity index (χ3n) is 4.34. The van der Waals surface area contributed by atoms with Crippen LogP contribution >= 0.6 is 0 Å². The number of aryl methyl sites for hydroxylation is 2. The van der Waals surface area contributed by atoms with Gasteiger partial charge in [0.15, 0.2) is 11.4 Å². The Morgan fingerprint density at radius 3 is 1.54 bits per heavy atom. The lowest BCUT2D eigenvalue weighted by Gasteiger charge is -2.11. The molecule has 0 atom stereocenters. The lowest BCUT2D eigenvalue weighted by atomic mass is 10.1. The Kier molecular flexibility index (Phi) is 7.06. The molecule has 6 heteroatoms. The number of carbonyl (C=O) groups is 2. The van der Waals surface area contributed by atoms with E-state index in [0.29, 0.717) is 24.1 Å². The zero-order valence-corrected chi connectivity index (χ0v) is 16.1. The van der Waals surface area contributed by atoms with Crippen LogP contribution in [-0.4, -0.2) is 34.9 Å². The predicted octanol–water partition coefficient (Wildman–Crippen LogP) is 3.31. The van der Waals surface area contributed by atoms with E-state index < -0.39 is 0 Å². The van der Waals surface area contributed by atoms with E-state index in [2.05, 4.69) is 34.4 Å². The van der Waals surface area contributed by atoms with Crippen molar-refractivity contribution in [3.63, 3.8) is 0 Å². The van der Waals surface area contributed by atoms with E-state index in [9.17, 15) is 9.59 Å². The molecule has 0 saturated carbocycles. The van der Waals surface area contributed by atoms with Gasteiger partial charge in [-0.3, -0.25) is 9.59 Å². The average Bonchev–Trinajstić information content (AvgIpc) is 2.62. The number of amides is 2. The van der Waals surface area contributed by atoms with E-state index in [-0.39, 0.29) is 23.2 Å². The second kappa shape index (κ2) is 9.27. The quantitative estimate of drug-likeness (QED) is 0.711. The van der Waals surface area contributed by atoms with E-state index in [1.54, 1.807) is 0 Å². The van der Waals surface area contributed by atoms with Crippen LogP contribution in [0.2, 0.25) is 0 Å². The molecule has 0 bridgehead atoms. The van der Waals surface area contributed by atoms with Gasteiger partial charge in [0.25, 0.3) is 11.8 Å². The van der Waals surface area contributed by atoms with Gasteiger partial charge in [0.1, 0.15) is 0 Å². The average molecular weight is 356 g/mol. The van der Waals surface area contributed by atoms with Gasteiger partial charge < -0.3 is 10.6 Å². The first-order chi connectivity index (χ1) is 12.5. The molecule has 2 aromatic rings. The Bertz CT molecular complexity index is 735. The Morgan fingerprint density at radius 1 is 0.808 bits per heavy atom. The molecular weight excluding hydrogens is 328 g/mol. The molecule has 2 N–H and O–H groups in total. The van der Waals surface area contributed by atoms with Crippen LogP contribution in [0.5, 0.6) is 0 Å². The molecule has 1 aromatic heterocycles. The van der Waals surface area contributed by atoms with Gasteiger partial charge in [-0.1, -0.05) is 26.7 Å². The summed E-state index contributed by atoms with van der Waals surface area (Å²) in [6.07, 6.45) is 3.71. The minimum absolute atomic E-state index is 0.0888. The Hall–Kier alpha value is -2.50. The van der Waals surface area contributed by atoms with Crippen LogP contribution in [0.25, 0.3) is 11.0 Å². The first-order valence-corrected chi connectivity index (χ1v) is 9.33. The number of fused-ring (bicyclic) bond motifs is 1. The van der Waals surface area contributed by atoms with Crippen molar-refractivity contribution in [3.05, 3.63) is 34.6 Å². The van der Waals surface area contributed by atoms with Gasteiger partial charge in [0.2, 0.25) is 0 Å². The van der Waals surface area contributed by atoms with Gasteiger partial charge in [-0.05, 0) is 49.9 Å². The summed E-state index contributed by atoms with van der Waals surface area (Å²) in [6, 6.07) is 3.80. The highest BCUT2D eigenvalue weighted by Crippen LogP contribution is 2.18. The minimum Gasteiger partial charge on any atom is -0.351 e. The second-order valence-corrected chi connectivity index (χ2v) is 6.56. The zero-order chi connectivity index (χ0) is 19.1. The summed E-state index contributed by atoms with van der Waals surface area (Å²) in [5.74, 6) is -0.710. The van der Waals surface area contributed by atoms with Gasteiger partial charge in [-0.25, -0.2) is 9.97 Å². The molecule has 2 amide bonds. The highest BCUT2D eigenvalue weighted by Gasteiger charge is 2.22. The number of hydrogen-bond acceptors (Lipinski definition) is 4. The van der Waals surface area contributed by atoms with Crippen molar-refractivity contribution >= 4 is 22.8 Å². The monoisotopic (exact) mass is 356 g/mol. The zero-order valence-electron chi connectivity index (χ0n) is 16.1. The Balaban J connectivity index is 2.43. The fourth-order valence-corrected chi connectivity index (χ4v) is 2.55. The number of hydrogen-bond donors (Lipinski definition) is 2. The second-order valence-electron chi connectivity index (χ2n) is 6.56. The summed E-state index contributed by atoms with van der Waals surface area (Å²) in [5.41, 5.74) is 3.57. The molecule has 6 nitrogen and oxygen atoms in total. The standard InChI is InChI=1S/C20H28N4O2/c1-5-7-9-21-19(25)17-18(20(26)22-10-8-6-2)24-16-12-14(4)13(3)11-15(16)23-17/h11-12H,5-10H2,1-4H3,(H,21,25)(H,22,26). The van der Waals surface area contributed by atoms with E-state index >= 15 is 0 Å². The molecule has 140 valence electrons. The lowest BCUT2D eigenvalue weighted by Crippen LogP contribution is -2.32. The van der Waals surface area contributed by atoms with Crippen LogP contribution in [0.15, 0.2) is 12.1 Å². The first-order valence-electron chi connectivity index (χ1n) is 9.33. The summed E-state index contributed by atoms with van der Waals surface area (Å²) in [5, 5.41) is 5.66. The van der Waals surface area contributed by atoms with E-state index in [1.165, 1.54) is 0 Å². The summed E-state index contributed by atoms with van der Waals surface area (Å²) in [6.45, 7) is 9.20. The molecule has 0 aliphatic heterocycles. The minimum atomic E-state index is -0.355. The van der Waals surface area contributed by atoms with Crippen molar-refractivity contribution in [1.82, 2.24) is 20.6 Å². The fraction of sp³-hybridized carbons (Fsp3) is 0.500. The van der Waals surface area contributed by atoms with Crippen molar-refractivity contribution in [2.45, 2.75) is 53.4 Å². The Labute approximate surface area is 154 Å². The summed E-state index contributed by atoms with van der Waals surface area (Å²) < 4.78 is 0. The maximum absolute atomic E-state index is 12.6. The molecule has 0 unspecified atom stereocenters. The molecule has 0 saturated heterocycles. The fourth-order valence-electron chi connectivity index (χ4n) is 2.55. The molecule has 0 spiro atoms. The topological polar surface area (TPSA) is 84.0 Å². The SMILES string of the molecule is CCCCNC(=O)c1nc2cc(C)c(C)cc2nc1C(=O)NCCCC. The number of nitrogens with zero attached hydrogens (tertiary/aromatic N) is 2. The number of carbonyl (C=O) groups excluding carboxylic acids is 2. The number of nitrogens with one attached hydrogen (secondary N) is 2. The molecule has 0 aliphatic carbocycles. The smallest absolute Gasteiger partial charge is 0.272 e. The van der Waals surface area contributed by atoms with E-state index in [4.69, 9.17) is 0 Å². The third-order valence-corrected chi connectivity index (χ3v) is 4.34. The van der Waals surface area contributed by atoms with Crippen LogP contribution in [-0.2, 0) is 0 Å². The molecule has 0 radical (unpaired) electrons. The lowest BCUT2D eigenvalue weighted by molar-refractivity contribution is 0.0911.